The van der Waals surface area contributed by atoms with Crippen molar-refractivity contribution in [3.8, 4) is 39.1 Å². The first-order valence-electron chi connectivity index (χ1n) is 20.8. The fraction of sp³-hybridized carbons (Fsp3) is 0. The monoisotopic (exact) mass is 794 g/mol. The van der Waals surface area contributed by atoms with Crippen molar-refractivity contribution in [1.29, 1.82) is 0 Å². The molecule has 0 aliphatic rings. The molecule has 2 heterocycles. The Kier molecular flexibility index (Phi) is 8.39. The van der Waals surface area contributed by atoms with E-state index >= 15 is 0 Å². The van der Waals surface area contributed by atoms with E-state index in [1.807, 2.05) is 11.3 Å². The lowest BCUT2D eigenvalue weighted by atomic mass is 9.97. The smallest absolute Gasteiger partial charge is 0.0555 e. The van der Waals surface area contributed by atoms with Crippen molar-refractivity contribution in [3.63, 3.8) is 0 Å². The molecule has 286 valence electrons. The second-order valence-corrected chi connectivity index (χ2v) is 16.8. The average Bonchev–Trinajstić information content (AvgIpc) is 3.89. The van der Waals surface area contributed by atoms with E-state index in [9.17, 15) is 0 Å². The Bertz CT molecular complexity index is 3570. The van der Waals surface area contributed by atoms with Crippen molar-refractivity contribution >= 4 is 81.1 Å². The van der Waals surface area contributed by atoms with Gasteiger partial charge in [-0.05, 0) is 111 Å². The van der Waals surface area contributed by atoms with Crippen molar-refractivity contribution in [3.05, 3.63) is 231 Å². The second kappa shape index (κ2) is 14.5. The maximum atomic E-state index is 2.48. The van der Waals surface area contributed by atoms with Crippen LogP contribution in [0.5, 0.6) is 0 Å². The van der Waals surface area contributed by atoms with Gasteiger partial charge in [0, 0.05) is 48.0 Å². The quantitative estimate of drug-likeness (QED) is 0.156. The first-order chi connectivity index (χ1) is 30.3. The number of para-hydroxylation sites is 1. The minimum atomic E-state index is 1.10. The molecule has 0 N–H and O–H groups in total. The number of rotatable bonds is 7. The second-order valence-electron chi connectivity index (χ2n) is 15.7. The third-order valence-corrected chi connectivity index (χ3v) is 13.3. The van der Waals surface area contributed by atoms with E-state index in [1.54, 1.807) is 0 Å². The van der Waals surface area contributed by atoms with Gasteiger partial charge in [-0.3, -0.25) is 0 Å². The van der Waals surface area contributed by atoms with Crippen LogP contribution < -0.4 is 4.90 Å². The molecule has 12 aromatic rings. The fourth-order valence-electron chi connectivity index (χ4n) is 9.42. The molecule has 0 unspecified atom stereocenters. The van der Waals surface area contributed by atoms with Crippen molar-refractivity contribution in [2.24, 2.45) is 0 Å². The van der Waals surface area contributed by atoms with Crippen molar-refractivity contribution in [2.45, 2.75) is 0 Å². The van der Waals surface area contributed by atoms with E-state index in [1.165, 1.54) is 91.8 Å². The topological polar surface area (TPSA) is 8.17 Å². The number of anilines is 3. The van der Waals surface area contributed by atoms with Gasteiger partial charge in [0.05, 0.1) is 16.7 Å². The highest BCUT2D eigenvalue weighted by Crippen LogP contribution is 2.45. The lowest BCUT2D eigenvalue weighted by molar-refractivity contribution is 1.20. The van der Waals surface area contributed by atoms with Crippen LogP contribution in [0.15, 0.2) is 231 Å². The van der Waals surface area contributed by atoms with Gasteiger partial charge in [-0.15, -0.1) is 11.3 Å². The zero-order valence-corrected chi connectivity index (χ0v) is 34.1. The molecule has 0 atom stereocenters. The first-order valence-corrected chi connectivity index (χ1v) is 21.7. The van der Waals surface area contributed by atoms with E-state index in [2.05, 4.69) is 240 Å². The summed E-state index contributed by atoms with van der Waals surface area (Å²) < 4.78 is 5.10. The van der Waals surface area contributed by atoms with E-state index in [-0.39, 0.29) is 0 Å². The summed E-state index contributed by atoms with van der Waals surface area (Å²) >= 11 is 1.87. The Morgan fingerprint density at radius 1 is 0.328 bits per heavy atom. The molecule has 0 amide bonds. The highest BCUT2D eigenvalue weighted by atomic mass is 32.1. The SMILES string of the molecule is c1ccc(-c2ccc(N(c3ccc(-c4cccc5ccccc45)cc3)c3cccc(-c4cccc5c4c4ccccc4n5-c4cccc5sc6ccccc6c45)c3)cc2)cc1. The molecule has 2 nitrogen and oxygen atoms in total. The fourth-order valence-corrected chi connectivity index (χ4v) is 10.5. The molecule has 10 aromatic carbocycles. The third-order valence-electron chi connectivity index (χ3n) is 12.2. The summed E-state index contributed by atoms with van der Waals surface area (Å²) in [4.78, 5) is 2.39. The number of fused-ring (bicyclic) bond motifs is 7. The number of hydrogen-bond acceptors (Lipinski definition) is 2. The Labute approximate surface area is 358 Å². The molecule has 3 heteroatoms. The summed E-state index contributed by atoms with van der Waals surface area (Å²) in [6, 6.07) is 84.1. The Balaban J connectivity index is 1.02. The first kappa shape index (κ1) is 35.2. The summed E-state index contributed by atoms with van der Waals surface area (Å²) in [6.07, 6.45) is 0. The minimum Gasteiger partial charge on any atom is -0.310 e. The maximum Gasteiger partial charge on any atom is 0.0555 e. The van der Waals surface area contributed by atoms with Gasteiger partial charge < -0.3 is 9.47 Å². The lowest BCUT2D eigenvalue weighted by Gasteiger charge is -2.26. The van der Waals surface area contributed by atoms with Gasteiger partial charge in [-0.1, -0.05) is 164 Å². The van der Waals surface area contributed by atoms with Crippen LogP contribution in [0.25, 0.3) is 91.8 Å². The van der Waals surface area contributed by atoms with Crippen molar-refractivity contribution < 1.29 is 0 Å². The molecular weight excluding hydrogens is 757 g/mol. The molecule has 0 aliphatic heterocycles. The highest BCUT2D eigenvalue weighted by Gasteiger charge is 2.20. The molecule has 0 radical (unpaired) electrons. The zero-order chi connectivity index (χ0) is 40.3. The van der Waals surface area contributed by atoms with Gasteiger partial charge >= 0.3 is 0 Å². The van der Waals surface area contributed by atoms with E-state index in [0.717, 1.165) is 17.1 Å². The Morgan fingerprint density at radius 3 is 1.74 bits per heavy atom. The van der Waals surface area contributed by atoms with Crippen molar-refractivity contribution in [2.75, 3.05) is 4.90 Å². The predicted molar refractivity (Wildman–Crippen MR) is 262 cm³/mol. The van der Waals surface area contributed by atoms with Crippen LogP contribution in [0.1, 0.15) is 0 Å². The molecule has 61 heavy (non-hydrogen) atoms. The van der Waals surface area contributed by atoms with Crippen LogP contribution in [0, 0.1) is 0 Å². The molecule has 0 saturated carbocycles. The molecule has 0 fully saturated rings. The van der Waals surface area contributed by atoms with Gasteiger partial charge in [-0.25, -0.2) is 0 Å². The average molecular weight is 795 g/mol. The summed E-state index contributed by atoms with van der Waals surface area (Å²) in [7, 11) is 0. The molecule has 0 saturated heterocycles. The van der Waals surface area contributed by atoms with Gasteiger partial charge in [0.25, 0.3) is 0 Å². The van der Waals surface area contributed by atoms with E-state index in [4.69, 9.17) is 0 Å². The number of hydrogen-bond donors (Lipinski definition) is 0. The molecular formula is C58H38N2S. The Hall–Kier alpha value is -7.72. The predicted octanol–water partition coefficient (Wildman–Crippen LogP) is 16.8. The largest absolute Gasteiger partial charge is 0.310 e. The third kappa shape index (κ3) is 5.93. The summed E-state index contributed by atoms with van der Waals surface area (Å²) in [5.41, 5.74) is 14.1. The highest BCUT2D eigenvalue weighted by molar-refractivity contribution is 7.25. The number of nitrogens with zero attached hydrogens (tertiary/aromatic N) is 2. The van der Waals surface area contributed by atoms with E-state index < -0.39 is 0 Å². The number of aromatic nitrogens is 1. The van der Waals surface area contributed by atoms with Crippen LogP contribution in [0.3, 0.4) is 0 Å². The summed E-state index contributed by atoms with van der Waals surface area (Å²) in [6.45, 7) is 0. The molecule has 0 bridgehead atoms. The van der Waals surface area contributed by atoms with Crippen LogP contribution >= 0.6 is 11.3 Å². The normalized spacial score (nSPS) is 11.6. The van der Waals surface area contributed by atoms with Gasteiger partial charge in [-0.2, -0.15) is 0 Å². The summed E-state index contributed by atoms with van der Waals surface area (Å²) in [5, 5.41) is 7.61. The van der Waals surface area contributed by atoms with Gasteiger partial charge in [0.2, 0.25) is 0 Å². The molecule has 0 aliphatic carbocycles. The molecule has 0 spiro atoms. The minimum absolute atomic E-state index is 1.10. The molecule has 2 aromatic heterocycles. The van der Waals surface area contributed by atoms with E-state index in [0.29, 0.717) is 0 Å². The number of benzene rings is 10. The van der Waals surface area contributed by atoms with Crippen LogP contribution in [-0.2, 0) is 0 Å². The zero-order valence-electron chi connectivity index (χ0n) is 33.2. The van der Waals surface area contributed by atoms with Gasteiger partial charge in [0.15, 0.2) is 0 Å². The van der Waals surface area contributed by atoms with Crippen LogP contribution in [0.4, 0.5) is 17.1 Å². The van der Waals surface area contributed by atoms with Gasteiger partial charge in [0.1, 0.15) is 0 Å². The standard InChI is InChI=1S/C58H38N2S/c1-2-14-39(15-3-1)40-30-34-44(35-31-40)59(45-36-32-42(33-37-45)48-23-11-17-41-16-4-5-20-47(41)48)46-19-10-18-43(38-46)49-24-12-26-53-57(49)50-21-6-8-25-52(50)60(53)54-27-13-29-56-58(54)51-22-7-9-28-55(51)61-56/h1-38H. The molecule has 12 rings (SSSR count). The summed E-state index contributed by atoms with van der Waals surface area (Å²) in [5.74, 6) is 0. The number of thiophene rings is 1. The van der Waals surface area contributed by atoms with Crippen molar-refractivity contribution in [1.82, 2.24) is 4.57 Å². The van der Waals surface area contributed by atoms with Crippen LogP contribution in [0.2, 0.25) is 0 Å². The van der Waals surface area contributed by atoms with Crippen LogP contribution in [-0.4, -0.2) is 4.57 Å². The lowest BCUT2D eigenvalue weighted by Crippen LogP contribution is -2.10. The maximum absolute atomic E-state index is 2.48. The Morgan fingerprint density at radius 2 is 0.902 bits per heavy atom.